The van der Waals surface area contributed by atoms with Crippen LogP contribution in [0.4, 0.5) is 5.69 Å². The average molecular weight is 544 g/mol. The molecule has 1 saturated heterocycles. The molecule has 3 aromatic carbocycles. The monoisotopic (exact) mass is 543 g/mol. The first-order valence-electron chi connectivity index (χ1n) is 11.3. The van der Waals surface area contributed by atoms with Crippen molar-refractivity contribution in [3.05, 3.63) is 94.5 Å². The van der Waals surface area contributed by atoms with Crippen molar-refractivity contribution in [2.24, 2.45) is 0 Å². The van der Waals surface area contributed by atoms with E-state index in [-0.39, 0.29) is 18.0 Å². The van der Waals surface area contributed by atoms with Gasteiger partial charge in [0.1, 0.15) is 11.5 Å². The second-order valence-corrected chi connectivity index (χ2v) is 9.98. The molecule has 1 fully saturated rings. The lowest BCUT2D eigenvalue weighted by Crippen LogP contribution is -2.48. The fourth-order valence-electron chi connectivity index (χ4n) is 3.68. The quantitative estimate of drug-likeness (QED) is 0.257. The molecule has 38 heavy (non-hydrogen) atoms. The Labute approximate surface area is 218 Å². The van der Waals surface area contributed by atoms with Crippen molar-refractivity contribution in [2.75, 3.05) is 26.2 Å². The molecule has 4 rings (SSSR count). The highest BCUT2D eigenvalue weighted by atomic mass is 32.2. The number of hydrogen-bond acceptors (Lipinski definition) is 8. The van der Waals surface area contributed by atoms with Gasteiger partial charge in [-0.15, -0.1) is 0 Å². The van der Waals surface area contributed by atoms with Crippen LogP contribution in [0.3, 0.4) is 0 Å². The normalized spacial score (nSPS) is 14.1. The summed E-state index contributed by atoms with van der Waals surface area (Å²) in [5.74, 6) is -2.14. The molecule has 0 atom stereocenters. The Kier molecular flexibility index (Phi) is 9.49. The number of sulfonamides is 1. The van der Waals surface area contributed by atoms with Crippen LogP contribution in [0.2, 0.25) is 0 Å². The van der Waals surface area contributed by atoms with Crippen LogP contribution in [0, 0.1) is 10.1 Å². The molecule has 0 unspecified atom stereocenters. The van der Waals surface area contributed by atoms with E-state index >= 15 is 0 Å². The van der Waals surface area contributed by atoms with Gasteiger partial charge in [-0.05, 0) is 35.9 Å². The van der Waals surface area contributed by atoms with Gasteiger partial charge in [0.05, 0.1) is 4.92 Å². The molecule has 13 heteroatoms. The molecule has 0 aliphatic carbocycles. The molecule has 1 aliphatic heterocycles. The maximum atomic E-state index is 13.0. The van der Waals surface area contributed by atoms with Crippen LogP contribution in [-0.2, 0) is 26.2 Å². The molecule has 1 aliphatic rings. The van der Waals surface area contributed by atoms with Crippen LogP contribution in [0.15, 0.2) is 83.8 Å². The SMILES string of the molecule is O=C(O)C(=O)O.O=[N+]([O-])c1ccccc1S(=O)(=O)N1CCN(Cc2cccc(Oc3ccccc3)c2)CC1. The van der Waals surface area contributed by atoms with Crippen molar-refractivity contribution < 1.29 is 37.9 Å². The fraction of sp³-hybridized carbons (Fsp3) is 0.200. The lowest BCUT2D eigenvalue weighted by Gasteiger charge is -2.33. The lowest BCUT2D eigenvalue weighted by atomic mass is 10.2. The Bertz CT molecular complexity index is 1380. The number of piperazine rings is 1. The first-order chi connectivity index (χ1) is 18.1. The number of nitrogens with zero attached hydrogens (tertiary/aromatic N) is 3. The number of carboxylic acids is 2. The molecule has 0 spiro atoms. The summed E-state index contributed by atoms with van der Waals surface area (Å²) in [6.45, 7) is 2.27. The molecule has 3 aromatic rings. The zero-order chi connectivity index (χ0) is 27.7. The van der Waals surface area contributed by atoms with Gasteiger partial charge in [-0.2, -0.15) is 4.31 Å². The zero-order valence-electron chi connectivity index (χ0n) is 20.0. The summed E-state index contributed by atoms with van der Waals surface area (Å²) in [5, 5.41) is 26.0. The second-order valence-electron chi connectivity index (χ2n) is 8.08. The summed E-state index contributed by atoms with van der Waals surface area (Å²) in [5.41, 5.74) is 0.665. The molecule has 12 nitrogen and oxygen atoms in total. The number of nitro benzene ring substituents is 1. The maximum absolute atomic E-state index is 13.0. The van der Waals surface area contributed by atoms with Gasteiger partial charge in [-0.25, -0.2) is 18.0 Å². The van der Waals surface area contributed by atoms with Crippen molar-refractivity contribution in [3.63, 3.8) is 0 Å². The minimum absolute atomic E-state index is 0.260. The summed E-state index contributed by atoms with van der Waals surface area (Å²) in [4.78, 5) is 30.7. The van der Waals surface area contributed by atoms with Crippen LogP contribution in [0.1, 0.15) is 5.56 Å². The van der Waals surface area contributed by atoms with Gasteiger partial charge in [0.2, 0.25) is 10.0 Å². The third kappa shape index (κ3) is 7.59. The van der Waals surface area contributed by atoms with Gasteiger partial charge in [0.25, 0.3) is 5.69 Å². The van der Waals surface area contributed by atoms with Gasteiger partial charge in [-0.1, -0.05) is 42.5 Å². The third-order valence-electron chi connectivity index (χ3n) is 5.48. The van der Waals surface area contributed by atoms with E-state index in [1.165, 1.54) is 28.6 Å². The van der Waals surface area contributed by atoms with Gasteiger partial charge in [0.15, 0.2) is 4.90 Å². The molecule has 200 valence electrons. The van der Waals surface area contributed by atoms with E-state index in [2.05, 4.69) is 4.90 Å². The molecule has 0 saturated carbocycles. The zero-order valence-corrected chi connectivity index (χ0v) is 20.9. The molecule has 1 heterocycles. The number of carbonyl (C=O) groups is 2. The minimum atomic E-state index is -3.93. The fourth-order valence-corrected chi connectivity index (χ4v) is 5.26. The van der Waals surface area contributed by atoms with Crippen LogP contribution in [-0.4, -0.2) is 70.9 Å². The average Bonchev–Trinajstić information content (AvgIpc) is 2.90. The maximum Gasteiger partial charge on any atom is 0.414 e. The Balaban J connectivity index is 0.000000599. The number of nitro groups is 1. The highest BCUT2D eigenvalue weighted by molar-refractivity contribution is 7.89. The van der Waals surface area contributed by atoms with Gasteiger partial charge < -0.3 is 14.9 Å². The highest BCUT2D eigenvalue weighted by Gasteiger charge is 2.33. The van der Waals surface area contributed by atoms with E-state index in [0.717, 1.165) is 17.1 Å². The summed E-state index contributed by atoms with van der Waals surface area (Å²) in [6, 6.07) is 22.8. The van der Waals surface area contributed by atoms with Gasteiger partial charge >= 0.3 is 11.9 Å². The Morgan fingerprint density at radius 3 is 2.03 bits per heavy atom. The van der Waals surface area contributed by atoms with E-state index in [4.69, 9.17) is 24.5 Å². The Morgan fingerprint density at radius 1 is 0.842 bits per heavy atom. The summed E-state index contributed by atoms with van der Waals surface area (Å²) >= 11 is 0. The van der Waals surface area contributed by atoms with Crippen molar-refractivity contribution in [1.29, 1.82) is 0 Å². The predicted molar refractivity (Wildman–Crippen MR) is 135 cm³/mol. The number of carboxylic acid groups (broad SMARTS) is 2. The van der Waals surface area contributed by atoms with E-state index < -0.39 is 32.6 Å². The van der Waals surface area contributed by atoms with Crippen molar-refractivity contribution in [3.8, 4) is 11.5 Å². The summed E-state index contributed by atoms with van der Waals surface area (Å²) < 4.78 is 33.2. The molecular weight excluding hydrogens is 518 g/mol. The molecular formula is C25H25N3O9S. The second kappa shape index (κ2) is 12.8. The molecule has 2 N–H and O–H groups in total. The Hall–Kier alpha value is -4.33. The third-order valence-corrected chi connectivity index (χ3v) is 7.42. The number of ether oxygens (including phenoxy) is 1. The van der Waals surface area contributed by atoms with Gasteiger partial charge in [-0.3, -0.25) is 15.0 Å². The standard InChI is InChI=1S/C23H23N3O5S.C2H2O4/c27-26(28)22-11-4-5-12-23(22)32(29,30)25-15-13-24(14-16-25)18-19-7-6-10-21(17-19)31-20-8-2-1-3-9-20;3-1(4)2(5)6/h1-12,17H,13-16,18H2;(H,3,4)(H,5,6). The lowest BCUT2D eigenvalue weighted by molar-refractivity contribution is -0.387. The van der Waals surface area contributed by atoms with Crippen molar-refractivity contribution in [2.45, 2.75) is 11.4 Å². The van der Waals surface area contributed by atoms with Gasteiger partial charge in [0, 0.05) is 38.8 Å². The van der Waals surface area contributed by atoms with E-state index in [9.17, 15) is 18.5 Å². The Morgan fingerprint density at radius 2 is 1.42 bits per heavy atom. The molecule has 0 bridgehead atoms. The van der Waals surface area contributed by atoms with Crippen LogP contribution in [0.5, 0.6) is 11.5 Å². The van der Waals surface area contributed by atoms with Crippen LogP contribution < -0.4 is 4.74 Å². The van der Waals surface area contributed by atoms with Crippen LogP contribution >= 0.6 is 0 Å². The first-order valence-corrected chi connectivity index (χ1v) is 12.8. The smallest absolute Gasteiger partial charge is 0.414 e. The minimum Gasteiger partial charge on any atom is -0.473 e. The highest BCUT2D eigenvalue weighted by Crippen LogP contribution is 2.27. The molecule has 0 aromatic heterocycles. The summed E-state index contributed by atoms with van der Waals surface area (Å²) in [7, 11) is -3.93. The number of aliphatic carboxylic acids is 2. The summed E-state index contributed by atoms with van der Waals surface area (Å²) in [6.07, 6.45) is 0. The number of benzene rings is 3. The van der Waals surface area contributed by atoms with E-state index in [1.54, 1.807) is 0 Å². The largest absolute Gasteiger partial charge is 0.473 e. The predicted octanol–water partition coefficient (Wildman–Crippen LogP) is 3.05. The molecule has 0 amide bonds. The van der Waals surface area contributed by atoms with E-state index in [1.807, 2.05) is 54.6 Å². The van der Waals surface area contributed by atoms with Crippen LogP contribution in [0.25, 0.3) is 0 Å². The van der Waals surface area contributed by atoms with Crippen molar-refractivity contribution >= 4 is 27.6 Å². The molecule has 0 radical (unpaired) electrons. The van der Waals surface area contributed by atoms with Crippen molar-refractivity contribution in [1.82, 2.24) is 9.21 Å². The first kappa shape index (κ1) is 28.2. The number of hydrogen-bond donors (Lipinski definition) is 2. The van der Waals surface area contributed by atoms with E-state index in [0.29, 0.717) is 19.6 Å². The topological polar surface area (TPSA) is 168 Å². The number of rotatable bonds is 7. The number of para-hydroxylation sites is 2.